The number of nitrogens with zero attached hydrogens (tertiary/aromatic N) is 4. The zero-order valence-electron chi connectivity index (χ0n) is 22.7. The van der Waals surface area contributed by atoms with Gasteiger partial charge in [0.2, 0.25) is 11.8 Å². The molecule has 212 valence electrons. The molecule has 2 aliphatic rings. The van der Waals surface area contributed by atoms with E-state index >= 15 is 0 Å². The van der Waals surface area contributed by atoms with Gasteiger partial charge in [-0.2, -0.15) is 0 Å². The lowest BCUT2D eigenvalue weighted by atomic mass is 9.98. The number of aliphatic hydroxyl groups excluding tert-OH is 1. The van der Waals surface area contributed by atoms with E-state index in [1.165, 1.54) is 6.92 Å². The monoisotopic (exact) mass is 541 g/mol. The van der Waals surface area contributed by atoms with Crippen LogP contribution in [-0.4, -0.2) is 94.2 Å². The normalized spacial score (nSPS) is 22.7. The molecule has 4 bridgehead atoms. The molecule has 0 aliphatic carbocycles. The number of carbonyl (C=O) groups is 3. The minimum Gasteiger partial charge on any atom is -0.493 e. The van der Waals surface area contributed by atoms with Crippen LogP contribution in [0, 0.1) is 12.8 Å². The first-order chi connectivity index (χ1) is 18.8. The van der Waals surface area contributed by atoms with Gasteiger partial charge >= 0.3 is 0 Å². The van der Waals surface area contributed by atoms with E-state index in [-0.39, 0.29) is 18.4 Å². The summed E-state index contributed by atoms with van der Waals surface area (Å²) in [6, 6.07) is 3.92. The molecule has 1 aromatic heterocycles. The number of ether oxygens (including phenoxy) is 1. The predicted molar refractivity (Wildman–Crippen MR) is 143 cm³/mol. The molecule has 39 heavy (non-hydrogen) atoms. The van der Waals surface area contributed by atoms with Crippen molar-refractivity contribution < 1.29 is 24.2 Å². The average molecular weight is 542 g/mol. The summed E-state index contributed by atoms with van der Waals surface area (Å²) in [7, 11) is 0. The number of aliphatic hydroxyl groups is 1. The molecule has 3 amide bonds. The molecule has 12 heteroatoms. The number of piperidine rings is 1. The number of hydrogen-bond donors (Lipinski definition) is 4. The minimum absolute atomic E-state index is 0.0404. The molecule has 4 N–H and O–H groups in total. The summed E-state index contributed by atoms with van der Waals surface area (Å²) in [5.74, 6) is -0.511. The van der Waals surface area contributed by atoms with Crippen molar-refractivity contribution in [1.29, 1.82) is 0 Å². The lowest BCUT2D eigenvalue weighted by Crippen LogP contribution is -2.54. The van der Waals surface area contributed by atoms with E-state index in [0.717, 1.165) is 30.6 Å². The maximum atomic E-state index is 13.3. The Morgan fingerprint density at radius 3 is 2.79 bits per heavy atom. The van der Waals surface area contributed by atoms with Gasteiger partial charge < -0.3 is 30.7 Å². The van der Waals surface area contributed by atoms with Gasteiger partial charge in [0.25, 0.3) is 5.91 Å². The number of aryl methyl sites for hydroxylation is 2. The molecule has 2 aliphatic heterocycles. The summed E-state index contributed by atoms with van der Waals surface area (Å²) in [6.07, 6.45) is 3.74. The molecule has 2 aromatic rings. The third kappa shape index (κ3) is 7.76. The van der Waals surface area contributed by atoms with Gasteiger partial charge in [-0.25, -0.2) is 0 Å². The van der Waals surface area contributed by atoms with Crippen LogP contribution in [0.25, 0.3) is 0 Å². The standard InChI is InChI=1S/C27H39N7O5/c1-18-6-7-20-15-23(18)39-14-4-11-34-17-22(31-32-34)8-12-33(27(38)21-5-3-9-28-16-21)13-10-29-26(37)24(19(2)35)30-25(20)36/h6-7,15,17,19,21,24,28,35H,3-5,8-14,16H2,1-2H3,(H,29,37)(H,30,36)/t19-,21-,24+/m1/s1. The number of nitrogens with one attached hydrogen (secondary N) is 3. The molecule has 0 saturated carbocycles. The van der Waals surface area contributed by atoms with E-state index in [1.807, 2.05) is 13.1 Å². The first-order valence-corrected chi connectivity index (χ1v) is 13.7. The average Bonchev–Trinajstić information content (AvgIpc) is 3.39. The summed E-state index contributed by atoms with van der Waals surface area (Å²) in [4.78, 5) is 41.0. The Balaban J connectivity index is 1.52. The van der Waals surface area contributed by atoms with Crippen molar-refractivity contribution in [2.24, 2.45) is 5.92 Å². The molecule has 3 heterocycles. The van der Waals surface area contributed by atoms with Crippen molar-refractivity contribution in [3.05, 3.63) is 41.2 Å². The molecule has 1 fully saturated rings. The quantitative estimate of drug-likeness (QED) is 0.416. The van der Waals surface area contributed by atoms with Crippen LogP contribution >= 0.6 is 0 Å². The molecule has 4 rings (SSSR count). The Hall–Kier alpha value is -3.51. The third-order valence-corrected chi connectivity index (χ3v) is 7.15. The number of benzene rings is 1. The molecule has 12 nitrogen and oxygen atoms in total. The lowest BCUT2D eigenvalue weighted by Gasteiger charge is -2.30. The fraction of sp³-hybridized carbons (Fsp3) is 0.593. The predicted octanol–water partition coefficient (Wildman–Crippen LogP) is 0.0353. The zero-order chi connectivity index (χ0) is 27.8. The molecular formula is C27H39N7O5. The second-order valence-corrected chi connectivity index (χ2v) is 10.3. The van der Waals surface area contributed by atoms with Gasteiger partial charge in [-0.3, -0.25) is 19.1 Å². The fourth-order valence-electron chi connectivity index (χ4n) is 4.82. The largest absolute Gasteiger partial charge is 0.493 e. The molecule has 0 unspecified atom stereocenters. The summed E-state index contributed by atoms with van der Waals surface area (Å²) in [5.41, 5.74) is 1.99. The maximum Gasteiger partial charge on any atom is 0.252 e. The van der Waals surface area contributed by atoms with Gasteiger partial charge in [0.15, 0.2) is 0 Å². The van der Waals surface area contributed by atoms with Crippen LogP contribution in [0.1, 0.15) is 47.8 Å². The smallest absolute Gasteiger partial charge is 0.252 e. The Bertz CT molecular complexity index is 1150. The number of fused-ring (bicyclic) bond motifs is 4. The van der Waals surface area contributed by atoms with E-state index in [9.17, 15) is 19.5 Å². The summed E-state index contributed by atoms with van der Waals surface area (Å²) in [5, 5.41) is 27.5. The summed E-state index contributed by atoms with van der Waals surface area (Å²) < 4.78 is 7.70. The lowest BCUT2D eigenvalue weighted by molar-refractivity contribution is -0.136. The van der Waals surface area contributed by atoms with Crippen LogP contribution < -0.4 is 20.7 Å². The van der Waals surface area contributed by atoms with Crippen LogP contribution in [0.3, 0.4) is 0 Å². The van der Waals surface area contributed by atoms with Crippen molar-refractivity contribution in [1.82, 2.24) is 35.8 Å². The van der Waals surface area contributed by atoms with E-state index in [4.69, 9.17) is 4.74 Å². The number of amides is 3. The SMILES string of the molecule is Cc1ccc2cc1OCCCn1cc(nn1)CCN(C(=O)[C@@H]1CCCNC1)CCNC(=O)[C@H]([C@@H](C)O)NC2=O. The first-order valence-electron chi connectivity index (χ1n) is 13.7. The molecule has 3 atom stereocenters. The van der Waals surface area contributed by atoms with E-state index in [0.29, 0.717) is 56.9 Å². The third-order valence-electron chi connectivity index (χ3n) is 7.15. The Morgan fingerprint density at radius 1 is 1.18 bits per heavy atom. The van der Waals surface area contributed by atoms with Crippen molar-refractivity contribution >= 4 is 17.7 Å². The highest BCUT2D eigenvalue weighted by molar-refractivity contribution is 5.98. The molecule has 1 aromatic carbocycles. The zero-order valence-corrected chi connectivity index (χ0v) is 22.7. The Morgan fingerprint density at radius 2 is 2.03 bits per heavy atom. The second-order valence-electron chi connectivity index (χ2n) is 10.3. The Labute approximate surface area is 228 Å². The number of rotatable bonds is 2. The summed E-state index contributed by atoms with van der Waals surface area (Å²) >= 11 is 0. The molecule has 1 saturated heterocycles. The number of hydrogen-bond acceptors (Lipinski definition) is 8. The van der Waals surface area contributed by atoms with Gasteiger partial charge in [0.05, 0.1) is 24.3 Å². The minimum atomic E-state index is -1.16. The topological polar surface area (TPSA) is 151 Å². The fourth-order valence-corrected chi connectivity index (χ4v) is 4.82. The van der Waals surface area contributed by atoms with Crippen molar-refractivity contribution in [2.75, 3.05) is 39.3 Å². The molecular weight excluding hydrogens is 502 g/mol. The van der Waals surface area contributed by atoms with Gasteiger partial charge in [0.1, 0.15) is 11.8 Å². The highest BCUT2D eigenvalue weighted by atomic mass is 16.5. The highest BCUT2D eigenvalue weighted by Crippen LogP contribution is 2.20. The molecule has 0 radical (unpaired) electrons. The second kappa shape index (κ2) is 13.5. The maximum absolute atomic E-state index is 13.3. The van der Waals surface area contributed by atoms with Gasteiger partial charge in [-0.1, -0.05) is 11.3 Å². The Kier molecular flexibility index (Phi) is 9.88. The first kappa shape index (κ1) is 28.5. The molecule has 0 spiro atoms. The van der Waals surface area contributed by atoms with Gasteiger partial charge in [-0.15, -0.1) is 5.10 Å². The van der Waals surface area contributed by atoms with Crippen LogP contribution in [0.4, 0.5) is 0 Å². The van der Waals surface area contributed by atoms with Crippen molar-refractivity contribution in [3.63, 3.8) is 0 Å². The van der Waals surface area contributed by atoms with Crippen LogP contribution in [0.5, 0.6) is 5.75 Å². The summed E-state index contributed by atoms with van der Waals surface area (Å²) in [6.45, 7) is 6.84. The van der Waals surface area contributed by atoms with Crippen molar-refractivity contribution in [2.45, 2.75) is 58.2 Å². The van der Waals surface area contributed by atoms with E-state index in [2.05, 4.69) is 26.3 Å². The number of carbonyl (C=O) groups excluding carboxylic acids is 3. The van der Waals surface area contributed by atoms with Crippen LogP contribution in [-0.2, 0) is 22.6 Å². The van der Waals surface area contributed by atoms with E-state index < -0.39 is 24.0 Å². The van der Waals surface area contributed by atoms with Gasteiger partial charge in [-0.05, 0) is 50.9 Å². The van der Waals surface area contributed by atoms with Gasteiger partial charge in [0, 0.05) is 57.3 Å². The van der Waals surface area contributed by atoms with Crippen LogP contribution in [0.15, 0.2) is 24.4 Å². The van der Waals surface area contributed by atoms with Crippen molar-refractivity contribution in [3.8, 4) is 5.75 Å². The highest BCUT2D eigenvalue weighted by Gasteiger charge is 2.28. The van der Waals surface area contributed by atoms with Crippen LogP contribution in [0.2, 0.25) is 0 Å². The van der Waals surface area contributed by atoms with E-state index in [1.54, 1.807) is 27.8 Å². The number of aromatic nitrogens is 3.